The quantitative estimate of drug-likeness (QED) is 0.554. The second-order valence-corrected chi connectivity index (χ2v) is 3.69. The Morgan fingerprint density at radius 1 is 1.40 bits per heavy atom. The first-order valence-corrected chi connectivity index (χ1v) is 5.18. The van der Waals surface area contributed by atoms with Gasteiger partial charge in [0.1, 0.15) is 0 Å². The first-order chi connectivity index (χ1) is 6.93. The van der Waals surface area contributed by atoms with Crippen LogP contribution >= 0.6 is 0 Å². The fourth-order valence-corrected chi connectivity index (χ4v) is 1.56. The van der Waals surface area contributed by atoms with Gasteiger partial charge in [0.05, 0.1) is 24.9 Å². The minimum absolute atomic E-state index is 0.0709. The van der Waals surface area contributed by atoms with Crippen molar-refractivity contribution < 1.29 is 20.1 Å². The minimum atomic E-state index is -0.937. The third-order valence-electron chi connectivity index (χ3n) is 2.52. The zero-order valence-electron chi connectivity index (χ0n) is 9.55. The van der Waals surface area contributed by atoms with Crippen molar-refractivity contribution in [2.24, 2.45) is 0 Å². The molecule has 0 aromatic rings. The van der Waals surface area contributed by atoms with Crippen LogP contribution in [0.25, 0.3) is 0 Å². The summed E-state index contributed by atoms with van der Waals surface area (Å²) in [4.78, 5) is 12.7. The summed E-state index contributed by atoms with van der Waals surface area (Å²) in [6.45, 7) is 5.13. The van der Waals surface area contributed by atoms with Gasteiger partial charge < -0.3 is 20.2 Å². The van der Waals surface area contributed by atoms with Gasteiger partial charge in [-0.1, -0.05) is 0 Å². The Morgan fingerprint density at radius 3 is 2.27 bits per heavy atom. The topological polar surface area (TPSA) is 81.0 Å². The van der Waals surface area contributed by atoms with Crippen molar-refractivity contribution in [1.29, 1.82) is 0 Å². The summed E-state index contributed by atoms with van der Waals surface area (Å²) in [5, 5.41) is 27.5. The van der Waals surface area contributed by atoms with Crippen LogP contribution in [0.3, 0.4) is 0 Å². The minimum Gasteiger partial charge on any atom is -0.394 e. The molecule has 0 aliphatic carbocycles. The van der Waals surface area contributed by atoms with E-state index in [0.29, 0.717) is 6.54 Å². The van der Waals surface area contributed by atoms with Crippen molar-refractivity contribution in [2.75, 3.05) is 13.2 Å². The van der Waals surface area contributed by atoms with Crippen LogP contribution in [0, 0.1) is 0 Å². The number of nitrogens with zero attached hydrogens (tertiary/aromatic N) is 1. The Bertz CT molecular complexity index is 198. The monoisotopic (exact) mass is 219 g/mol. The molecule has 0 aliphatic heterocycles. The van der Waals surface area contributed by atoms with E-state index in [9.17, 15) is 9.90 Å². The summed E-state index contributed by atoms with van der Waals surface area (Å²) in [6.07, 6.45) is -1.69. The number of amides is 1. The lowest BCUT2D eigenvalue weighted by atomic mass is 10.0. The van der Waals surface area contributed by atoms with E-state index in [-0.39, 0.29) is 25.0 Å². The zero-order valence-corrected chi connectivity index (χ0v) is 9.55. The second-order valence-electron chi connectivity index (χ2n) is 3.69. The van der Waals surface area contributed by atoms with Gasteiger partial charge in [-0.2, -0.15) is 0 Å². The fraction of sp³-hybridized carbons (Fsp3) is 0.900. The summed E-state index contributed by atoms with van der Waals surface area (Å²) in [5.74, 6) is -0.109. The van der Waals surface area contributed by atoms with Crippen molar-refractivity contribution in [1.82, 2.24) is 4.90 Å². The number of hydrogen-bond acceptors (Lipinski definition) is 4. The van der Waals surface area contributed by atoms with E-state index in [1.807, 2.05) is 6.92 Å². The second kappa shape index (κ2) is 6.76. The standard InChI is InChI=1S/C10H21NO4/c1-4-11(8(3)13)7(2)10(15)5-9(14)6-12/h7,9-10,12,14-15H,4-6H2,1-3H3/t7-,9?,10?/m0/s1. The van der Waals surface area contributed by atoms with E-state index >= 15 is 0 Å². The van der Waals surface area contributed by atoms with Gasteiger partial charge >= 0.3 is 0 Å². The Balaban J connectivity index is 4.27. The Kier molecular flexibility index (Phi) is 6.47. The highest BCUT2D eigenvalue weighted by molar-refractivity contribution is 5.73. The van der Waals surface area contributed by atoms with Crippen molar-refractivity contribution >= 4 is 5.91 Å². The number of rotatable bonds is 6. The molecule has 3 N–H and O–H groups in total. The lowest BCUT2D eigenvalue weighted by molar-refractivity contribution is -0.133. The van der Waals surface area contributed by atoms with E-state index in [2.05, 4.69) is 0 Å². The number of carbonyl (C=O) groups excluding carboxylic acids is 1. The number of carbonyl (C=O) groups is 1. The van der Waals surface area contributed by atoms with Crippen LogP contribution in [0.5, 0.6) is 0 Å². The molecule has 0 fully saturated rings. The summed E-state index contributed by atoms with van der Waals surface area (Å²) in [7, 11) is 0. The van der Waals surface area contributed by atoms with Gasteiger partial charge in [0.2, 0.25) is 5.91 Å². The molecule has 0 bridgehead atoms. The van der Waals surface area contributed by atoms with Crippen LogP contribution in [0.1, 0.15) is 27.2 Å². The van der Waals surface area contributed by atoms with Crippen LogP contribution in [-0.2, 0) is 4.79 Å². The number of aliphatic hydroxyl groups is 3. The molecule has 90 valence electrons. The molecule has 5 nitrogen and oxygen atoms in total. The lowest BCUT2D eigenvalue weighted by Gasteiger charge is -2.31. The molecular weight excluding hydrogens is 198 g/mol. The van der Waals surface area contributed by atoms with E-state index in [0.717, 1.165) is 0 Å². The van der Waals surface area contributed by atoms with Gasteiger partial charge in [-0.25, -0.2) is 0 Å². The maximum absolute atomic E-state index is 11.2. The van der Waals surface area contributed by atoms with Gasteiger partial charge in [-0.15, -0.1) is 0 Å². The van der Waals surface area contributed by atoms with Crippen LogP contribution < -0.4 is 0 Å². The molecule has 0 saturated carbocycles. The molecule has 15 heavy (non-hydrogen) atoms. The number of hydrogen-bond donors (Lipinski definition) is 3. The summed E-state index contributed by atoms with van der Waals surface area (Å²) in [6, 6.07) is -0.353. The van der Waals surface area contributed by atoms with Crippen molar-refractivity contribution in [3.63, 3.8) is 0 Å². The number of aliphatic hydroxyl groups excluding tert-OH is 3. The summed E-state index contributed by atoms with van der Waals surface area (Å²) < 4.78 is 0. The van der Waals surface area contributed by atoms with Gasteiger partial charge in [0, 0.05) is 19.9 Å². The molecule has 0 saturated heterocycles. The van der Waals surface area contributed by atoms with Crippen LogP contribution in [0.4, 0.5) is 0 Å². The third-order valence-corrected chi connectivity index (χ3v) is 2.52. The predicted molar refractivity (Wildman–Crippen MR) is 56.2 cm³/mol. The average molecular weight is 219 g/mol. The molecule has 0 heterocycles. The van der Waals surface area contributed by atoms with Crippen LogP contribution in [0.2, 0.25) is 0 Å². The average Bonchev–Trinajstić information content (AvgIpc) is 2.17. The van der Waals surface area contributed by atoms with Crippen LogP contribution in [-0.4, -0.2) is 57.5 Å². The first kappa shape index (κ1) is 14.3. The summed E-state index contributed by atoms with van der Waals surface area (Å²) in [5.41, 5.74) is 0. The van der Waals surface area contributed by atoms with E-state index in [4.69, 9.17) is 10.2 Å². The molecular formula is C10H21NO4. The molecule has 2 unspecified atom stereocenters. The maximum atomic E-state index is 11.2. The molecule has 5 heteroatoms. The zero-order chi connectivity index (χ0) is 12.0. The van der Waals surface area contributed by atoms with Gasteiger partial charge in [0.15, 0.2) is 0 Å². The smallest absolute Gasteiger partial charge is 0.219 e. The highest BCUT2D eigenvalue weighted by Crippen LogP contribution is 2.10. The molecule has 0 radical (unpaired) electrons. The molecule has 1 amide bonds. The van der Waals surface area contributed by atoms with Crippen molar-refractivity contribution in [3.05, 3.63) is 0 Å². The number of likely N-dealkylation sites (N-methyl/N-ethyl adjacent to an activating group) is 1. The highest BCUT2D eigenvalue weighted by Gasteiger charge is 2.24. The van der Waals surface area contributed by atoms with Crippen LogP contribution in [0.15, 0.2) is 0 Å². The molecule has 0 rings (SSSR count). The Morgan fingerprint density at radius 2 is 1.93 bits per heavy atom. The van der Waals surface area contributed by atoms with Crippen molar-refractivity contribution in [2.45, 2.75) is 45.4 Å². The fourth-order valence-electron chi connectivity index (χ4n) is 1.56. The third kappa shape index (κ3) is 4.59. The maximum Gasteiger partial charge on any atom is 0.219 e. The molecule has 0 spiro atoms. The van der Waals surface area contributed by atoms with E-state index in [1.165, 1.54) is 11.8 Å². The van der Waals surface area contributed by atoms with E-state index < -0.39 is 12.2 Å². The van der Waals surface area contributed by atoms with Gasteiger partial charge in [-0.05, 0) is 13.8 Å². The highest BCUT2D eigenvalue weighted by atomic mass is 16.3. The summed E-state index contributed by atoms with van der Waals surface area (Å²) >= 11 is 0. The van der Waals surface area contributed by atoms with Gasteiger partial charge in [0.25, 0.3) is 0 Å². The molecule has 0 aromatic heterocycles. The Labute approximate surface area is 90.3 Å². The SMILES string of the molecule is CCN(C(C)=O)[C@@H](C)C(O)CC(O)CO. The lowest BCUT2D eigenvalue weighted by Crippen LogP contribution is -2.45. The Hall–Kier alpha value is -0.650. The van der Waals surface area contributed by atoms with Crippen molar-refractivity contribution in [3.8, 4) is 0 Å². The van der Waals surface area contributed by atoms with E-state index in [1.54, 1.807) is 6.92 Å². The predicted octanol–water partition coefficient (Wildman–Crippen LogP) is -0.653. The largest absolute Gasteiger partial charge is 0.394 e. The molecule has 0 aliphatic rings. The normalized spacial score (nSPS) is 16.9. The molecule has 3 atom stereocenters. The molecule has 0 aromatic carbocycles. The van der Waals surface area contributed by atoms with Gasteiger partial charge in [-0.3, -0.25) is 4.79 Å². The first-order valence-electron chi connectivity index (χ1n) is 5.18.